The van der Waals surface area contributed by atoms with Gasteiger partial charge in [-0.15, -0.1) is 0 Å². The summed E-state index contributed by atoms with van der Waals surface area (Å²) in [7, 11) is 0. The smallest absolute Gasteiger partial charge is 0.250 e. The zero-order chi connectivity index (χ0) is 13.7. The number of hydrogen-bond acceptors (Lipinski definition) is 3. The lowest BCUT2D eigenvalue weighted by Crippen LogP contribution is -2.21. The third-order valence-corrected chi connectivity index (χ3v) is 2.91. The molecule has 4 heteroatoms. The molecule has 100 valence electrons. The fraction of sp³-hybridized carbons (Fsp3) is 0.267. The summed E-state index contributed by atoms with van der Waals surface area (Å²) in [5.74, 6) is 0.786. The van der Waals surface area contributed by atoms with Gasteiger partial charge in [0, 0.05) is 18.3 Å². The van der Waals surface area contributed by atoms with Crippen molar-refractivity contribution in [3.8, 4) is 5.75 Å². The van der Waals surface area contributed by atoms with Gasteiger partial charge in [0.2, 0.25) is 0 Å². The summed E-state index contributed by atoms with van der Waals surface area (Å²) in [6.07, 6.45) is 1.75. The highest BCUT2D eigenvalue weighted by Crippen LogP contribution is 2.15. The van der Waals surface area contributed by atoms with Gasteiger partial charge in [0.15, 0.2) is 0 Å². The fourth-order valence-corrected chi connectivity index (χ4v) is 1.77. The maximum Gasteiger partial charge on any atom is 0.250 e. The van der Waals surface area contributed by atoms with E-state index in [1.807, 2.05) is 37.3 Å². The summed E-state index contributed by atoms with van der Waals surface area (Å²) < 4.78 is 7.22. The fourth-order valence-electron chi connectivity index (χ4n) is 1.77. The Hall–Kier alpha value is -2.07. The minimum absolute atomic E-state index is 0.0154. The molecule has 0 saturated carbocycles. The first-order valence-electron chi connectivity index (χ1n) is 6.30. The zero-order valence-corrected chi connectivity index (χ0v) is 11.0. The Balaban J connectivity index is 1.89. The Bertz CT molecular complexity index is 573. The summed E-state index contributed by atoms with van der Waals surface area (Å²) in [4.78, 5) is 11.5. The Morgan fingerprint density at radius 2 is 1.95 bits per heavy atom. The van der Waals surface area contributed by atoms with Crippen molar-refractivity contribution in [1.29, 1.82) is 0 Å². The number of nitrogens with zero attached hydrogens (tertiary/aromatic N) is 1. The van der Waals surface area contributed by atoms with Crippen LogP contribution in [0.1, 0.15) is 18.5 Å². The summed E-state index contributed by atoms with van der Waals surface area (Å²) in [6.45, 7) is 2.94. The van der Waals surface area contributed by atoms with Gasteiger partial charge in [-0.25, -0.2) is 0 Å². The van der Waals surface area contributed by atoms with Crippen molar-refractivity contribution in [2.45, 2.75) is 19.5 Å². The monoisotopic (exact) mass is 258 g/mol. The molecule has 0 spiro atoms. The molecule has 0 amide bonds. The molecule has 0 saturated heterocycles. The number of nitrogens with two attached hydrogens (primary N) is 1. The zero-order valence-electron chi connectivity index (χ0n) is 11.0. The van der Waals surface area contributed by atoms with Gasteiger partial charge < -0.3 is 15.0 Å². The van der Waals surface area contributed by atoms with Crippen molar-refractivity contribution in [2.75, 3.05) is 6.61 Å². The van der Waals surface area contributed by atoms with Crippen molar-refractivity contribution in [3.63, 3.8) is 0 Å². The maximum absolute atomic E-state index is 11.5. The Labute approximate surface area is 112 Å². The molecular formula is C15H18N2O2. The summed E-state index contributed by atoms with van der Waals surface area (Å²) >= 11 is 0. The van der Waals surface area contributed by atoms with E-state index in [4.69, 9.17) is 10.5 Å². The van der Waals surface area contributed by atoms with Gasteiger partial charge in [-0.2, -0.15) is 0 Å². The van der Waals surface area contributed by atoms with Crippen LogP contribution in [0.25, 0.3) is 0 Å². The molecule has 1 atom stereocenters. The highest BCUT2D eigenvalue weighted by atomic mass is 16.5. The van der Waals surface area contributed by atoms with Crippen LogP contribution in [-0.2, 0) is 6.54 Å². The molecule has 1 heterocycles. The van der Waals surface area contributed by atoms with Crippen molar-refractivity contribution in [1.82, 2.24) is 4.57 Å². The SMILES string of the molecule is C[C@H](N)c1ccc(OCCn2ccccc2=O)cc1. The quantitative estimate of drug-likeness (QED) is 0.891. The van der Waals surface area contributed by atoms with E-state index < -0.39 is 0 Å². The Kier molecular flexibility index (Phi) is 4.36. The predicted octanol–water partition coefficient (Wildman–Crippen LogP) is 1.95. The topological polar surface area (TPSA) is 57.2 Å². The second-order valence-electron chi connectivity index (χ2n) is 4.44. The number of benzene rings is 1. The summed E-state index contributed by atoms with van der Waals surface area (Å²) in [6, 6.07) is 12.8. The van der Waals surface area contributed by atoms with Gasteiger partial charge in [0.1, 0.15) is 12.4 Å². The largest absolute Gasteiger partial charge is 0.492 e. The first kappa shape index (κ1) is 13.4. The average Bonchev–Trinajstić information content (AvgIpc) is 2.41. The standard InChI is InChI=1S/C15H18N2O2/c1-12(16)13-5-7-14(8-6-13)19-11-10-17-9-3-2-4-15(17)18/h2-9,12H,10-11,16H2,1H3/t12-/m0/s1. The lowest BCUT2D eigenvalue weighted by molar-refractivity contribution is 0.296. The van der Waals surface area contributed by atoms with Crippen molar-refractivity contribution in [2.24, 2.45) is 5.73 Å². The Morgan fingerprint density at radius 3 is 2.58 bits per heavy atom. The molecule has 2 N–H and O–H groups in total. The van der Waals surface area contributed by atoms with Crippen LogP contribution in [0.4, 0.5) is 0 Å². The molecule has 1 aromatic heterocycles. The number of ether oxygens (including phenoxy) is 1. The van der Waals surface area contributed by atoms with Gasteiger partial charge in [-0.05, 0) is 30.7 Å². The van der Waals surface area contributed by atoms with E-state index in [0.717, 1.165) is 11.3 Å². The third kappa shape index (κ3) is 3.69. The summed E-state index contributed by atoms with van der Waals surface area (Å²) in [5.41, 5.74) is 6.84. The molecule has 4 nitrogen and oxygen atoms in total. The molecule has 2 aromatic rings. The molecular weight excluding hydrogens is 240 g/mol. The predicted molar refractivity (Wildman–Crippen MR) is 75.2 cm³/mol. The van der Waals surface area contributed by atoms with Crippen LogP contribution >= 0.6 is 0 Å². The summed E-state index contributed by atoms with van der Waals surface area (Å²) in [5, 5.41) is 0. The Morgan fingerprint density at radius 1 is 1.21 bits per heavy atom. The van der Waals surface area contributed by atoms with E-state index in [1.165, 1.54) is 6.07 Å². The van der Waals surface area contributed by atoms with E-state index in [-0.39, 0.29) is 11.6 Å². The lowest BCUT2D eigenvalue weighted by atomic mass is 10.1. The lowest BCUT2D eigenvalue weighted by Gasteiger charge is -2.09. The molecule has 0 aliphatic heterocycles. The second-order valence-corrected chi connectivity index (χ2v) is 4.44. The van der Waals surface area contributed by atoms with Crippen LogP contribution in [0.3, 0.4) is 0 Å². The molecule has 1 aromatic carbocycles. The molecule has 0 bridgehead atoms. The molecule has 0 fully saturated rings. The van der Waals surface area contributed by atoms with Crippen LogP contribution in [0.15, 0.2) is 53.5 Å². The van der Waals surface area contributed by atoms with Crippen molar-refractivity contribution in [3.05, 3.63) is 64.6 Å². The van der Waals surface area contributed by atoms with Crippen LogP contribution < -0.4 is 16.0 Å². The van der Waals surface area contributed by atoms with E-state index in [9.17, 15) is 4.79 Å². The molecule has 0 aliphatic rings. The van der Waals surface area contributed by atoms with Crippen LogP contribution in [0.2, 0.25) is 0 Å². The first-order valence-corrected chi connectivity index (χ1v) is 6.30. The van der Waals surface area contributed by atoms with Gasteiger partial charge in [0.25, 0.3) is 5.56 Å². The molecule has 2 rings (SSSR count). The van der Waals surface area contributed by atoms with Crippen molar-refractivity contribution < 1.29 is 4.74 Å². The minimum atomic E-state index is -0.0154. The number of pyridine rings is 1. The van der Waals surface area contributed by atoms with E-state index in [1.54, 1.807) is 16.8 Å². The maximum atomic E-state index is 11.5. The van der Waals surface area contributed by atoms with Gasteiger partial charge in [-0.3, -0.25) is 4.79 Å². The molecule has 0 unspecified atom stereocenters. The third-order valence-electron chi connectivity index (χ3n) is 2.91. The number of rotatable bonds is 5. The molecule has 19 heavy (non-hydrogen) atoms. The van der Waals surface area contributed by atoms with Crippen LogP contribution in [-0.4, -0.2) is 11.2 Å². The number of hydrogen-bond donors (Lipinski definition) is 1. The van der Waals surface area contributed by atoms with E-state index in [2.05, 4.69) is 0 Å². The average molecular weight is 258 g/mol. The highest BCUT2D eigenvalue weighted by Gasteiger charge is 2.00. The van der Waals surface area contributed by atoms with E-state index in [0.29, 0.717) is 13.2 Å². The van der Waals surface area contributed by atoms with Crippen LogP contribution in [0.5, 0.6) is 5.75 Å². The van der Waals surface area contributed by atoms with Gasteiger partial charge >= 0.3 is 0 Å². The van der Waals surface area contributed by atoms with E-state index >= 15 is 0 Å². The minimum Gasteiger partial charge on any atom is -0.492 e. The van der Waals surface area contributed by atoms with Crippen molar-refractivity contribution >= 4 is 0 Å². The first-order chi connectivity index (χ1) is 9.16. The number of aromatic nitrogens is 1. The van der Waals surface area contributed by atoms with Gasteiger partial charge in [0.05, 0.1) is 6.54 Å². The highest BCUT2D eigenvalue weighted by molar-refractivity contribution is 5.28. The second kappa shape index (κ2) is 6.20. The molecule has 0 aliphatic carbocycles. The van der Waals surface area contributed by atoms with Crippen LogP contribution in [0, 0.1) is 0 Å². The normalized spacial score (nSPS) is 12.1. The van der Waals surface area contributed by atoms with Gasteiger partial charge in [-0.1, -0.05) is 18.2 Å². The molecule has 0 radical (unpaired) electrons.